The molecule has 0 unspecified atom stereocenters. The molecule has 0 bridgehead atoms. The minimum absolute atomic E-state index is 0.0189. The number of benzene rings is 2. The highest BCUT2D eigenvalue weighted by molar-refractivity contribution is 6.04. The maximum atomic E-state index is 13.3. The number of alkyl halides is 3. The number of H-pyrrole nitrogens is 2. The number of amides is 1. The number of nitrogens with one attached hydrogen (secondary N) is 2. The summed E-state index contributed by atoms with van der Waals surface area (Å²) in [5.41, 5.74) is 6.37. The van der Waals surface area contributed by atoms with E-state index in [9.17, 15) is 22.8 Å². The van der Waals surface area contributed by atoms with Crippen molar-refractivity contribution in [2.75, 3.05) is 58.1 Å². The predicted octanol–water partition coefficient (Wildman–Crippen LogP) is 3.77. The number of piperazine rings is 1. The van der Waals surface area contributed by atoms with Crippen LogP contribution < -0.4 is 11.3 Å². The zero-order valence-corrected chi connectivity index (χ0v) is 22.4. The molecule has 1 fully saturated rings. The first-order valence-electron chi connectivity index (χ1n) is 13.4. The monoisotopic (exact) mass is 555 g/mol. The highest BCUT2D eigenvalue weighted by Gasteiger charge is 2.31. The van der Waals surface area contributed by atoms with E-state index in [-0.39, 0.29) is 34.0 Å². The molecular weight excluding hydrogens is 523 g/mol. The molecule has 40 heavy (non-hydrogen) atoms. The van der Waals surface area contributed by atoms with Gasteiger partial charge in [-0.05, 0) is 49.5 Å². The maximum Gasteiger partial charge on any atom is 0.416 e. The summed E-state index contributed by atoms with van der Waals surface area (Å²) in [7, 11) is 0. The Morgan fingerprint density at radius 2 is 1.73 bits per heavy atom. The number of aromatic nitrogens is 3. The standard InChI is InChI=1S/C28H32F3N7O2/c1-3-36(4-2)9-10-37-11-13-38(14-12-37)27(40)17-5-7-20-19(15-17)23(32)24(33-20)25-26(39)35-21-8-6-18(28(29,30)31)16-22(21)34-25/h5-8,15-16,33H,3-4,9-14,32H2,1-2H3,(H,35,39). The van der Waals surface area contributed by atoms with Gasteiger partial charge in [-0.15, -0.1) is 0 Å². The molecule has 2 aromatic heterocycles. The molecule has 1 aliphatic heterocycles. The number of anilines is 1. The van der Waals surface area contributed by atoms with Crippen LogP contribution in [0.2, 0.25) is 0 Å². The lowest BCUT2D eigenvalue weighted by Gasteiger charge is -2.35. The molecule has 1 aliphatic rings. The summed E-state index contributed by atoms with van der Waals surface area (Å²) in [5.74, 6) is -0.103. The van der Waals surface area contributed by atoms with Gasteiger partial charge >= 0.3 is 6.18 Å². The third-order valence-electron chi connectivity index (χ3n) is 7.63. The normalized spacial score (nSPS) is 15.0. The van der Waals surface area contributed by atoms with Gasteiger partial charge in [0.05, 0.1) is 28.0 Å². The van der Waals surface area contributed by atoms with Gasteiger partial charge in [0.25, 0.3) is 11.5 Å². The van der Waals surface area contributed by atoms with Crippen molar-refractivity contribution in [2.45, 2.75) is 20.0 Å². The molecule has 0 radical (unpaired) electrons. The first-order chi connectivity index (χ1) is 19.1. The van der Waals surface area contributed by atoms with Crippen molar-refractivity contribution < 1.29 is 18.0 Å². The van der Waals surface area contributed by atoms with Crippen LogP contribution in [0, 0.1) is 0 Å². The Bertz CT molecular complexity index is 1600. The number of fused-ring (bicyclic) bond motifs is 2. The molecule has 0 saturated carbocycles. The fourth-order valence-electron chi connectivity index (χ4n) is 5.14. The van der Waals surface area contributed by atoms with Gasteiger partial charge in [-0.1, -0.05) is 13.8 Å². The van der Waals surface area contributed by atoms with E-state index in [1.165, 1.54) is 6.07 Å². The summed E-state index contributed by atoms with van der Waals surface area (Å²) >= 11 is 0. The van der Waals surface area contributed by atoms with E-state index in [1.54, 1.807) is 18.2 Å². The topological polar surface area (TPSA) is 114 Å². The van der Waals surface area contributed by atoms with Gasteiger partial charge in [0.1, 0.15) is 0 Å². The second-order valence-corrected chi connectivity index (χ2v) is 9.98. The largest absolute Gasteiger partial charge is 0.416 e. The molecule has 0 atom stereocenters. The molecule has 0 spiro atoms. The first-order valence-corrected chi connectivity index (χ1v) is 13.4. The number of nitrogens with two attached hydrogens (primary N) is 1. The van der Waals surface area contributed by atoms with Crippen molar-refractivity contribution in [3.05, 3.63) is 57.9 Å². The van der Waals surface area contributed by atoms with Crippen molar-refractivity contribution in [2.24, 2.45) is 0 Å². The van der Waals surface area contributed by atoms with Gasteiger partial charge in [-0.3, -0.25) is 14.5 Å². The number of likely N-dealkylation sites (N-methyl/N-ethyl adjacent to an activating group) is 1. The minimum atomic E-state index is -4.55. The van der Waals surface area contributed by atoms with Gasteiger partial charge in [-0.25, -0.2) is 4.98 Å². The molecule has 5 rings (SSSR count). The van der Waals surface area contributed by atoms with Gasteiger partial charge < -0.3 is 25.5 Å². The Morgan fingerprint density at radius 1 is 1.02 bits per heavy atom. The summed E-state index contributed by atoms with van der Waals surface area (Å²) in [4.78, 5) is 42.5. The number of nitrogens with zero attached hydrogens (tertiary/aromatic N) is 4. The number of aromatic amines is 2. The zero-order valence-electron chi connectivity index (χ0n) is 22.4. The number of nitrogen functional groups attached to an aromatic ring is 1. The van der Waals surface area contributed by atoms with E-state index in [2.05, 4.69) is 38.6 Å². The van der Waals surface area contributed by atoms with Gasteiger partial charge in [0.2, 0.25) is 0 Å². The van der Waals surface area contributed by atoms with Crippen LogP contribution in [0.15, 0.2) is 41.2 Å². The fraction of sp³-hybridized carbons (Fsp3) is 0.393. The molecule has 212 valence electrons. The summed E-state index contributed by atoms with van der Waals surface area (Å²) in [6, 6.07) is 8.03. The zero-order chi connectivity index (χ0) is 28.6. The Labute approximate surface area is 228 Å². The second kappa shape index (κ2) is 10.9. The quantitative estimate of drug-likeness (QED) is 0.320. The SMILES string of the molecule is CCN(CC)CCN1CCN(C(=O)c2ccc3[nH]c(-c4nc5cc(C(F)(F)F)ccc5[nH]c4=O)c(N)c3c2)CC1. The summed E-state index contributed by atoms with van der Waals surface area (Å²) in [6.07, 6.45) is -4.55. The van der Waals surface area contributed by atoms with E-state index in [1.807, 2.05) is 4.90 Å². The minimum Gasteiger partial charge on any atom is -0.396 e. The van der Waals surface area contributed by atoms with Crippen LogP contribution in [-0.2, 0) is 6.18 Å². The number of carbonyl (C=O) groups is 1. The Balaban J connectivity index is 1.37. The van der Waals surface area contributed by atoms with Gasteiger partial charge in [0.15, 0.2) is 5.69 Å². The fourth-order valence-corrected chi connectivity index (χ4v) is 5.14. The first kappa shape index (κ1) is 27.7. The molecule has 0 aliphatic carbocycles. The molecule has 12 heteroatoms. The number of rotatable bonds is 7. The Morgan fingerprint density at radius 3 is 2.40 bits per heavy atom. The summed E-state index contributed by atoms with van der Waals surface area (Å²) in [6.45, 7) is 11.2. The predicted molar refractivity (Wildman–Crippen MR) is 149 cm³/mol. The van der Waals surface area contributed by atoms with Crippen LogP contribution in [0.4, 0.5) is 18.9 Å². The third-order valence-corrected chi connectivity index (χ3v) is 7.63. The van der Waals surface area contributed by atoms with Crippen LogP contribution in [-0.4, -0.2) is 87.9 Å². The second-order valence-electron chi connectivity index (χ2n) is 9.98. The number of hydrogen-bond acceptors (Lipinski definition) is 6. The number of hydrogen-bond donors (Lipinski definition) is 3. The maximum absolute atomic E-state index is 13.3. The molecule has 2 aromatic carbocycles. The van der Waals surface area contributed by atoms with Gasteiger partial charge in [-0.2, -0.15) is 13.2 Å². The van der Waals surface area contributed by atoms with Crippen molar-refractivity contribution in [1.29, 1.82) is 0 Å². The molecule has 9 nitrogen and oxygen atoms in total. The molecule has 4 aromatic rings. The van der Waals surface area contributed by atoms with Crippen molar-refractivity contribution in [3.63, 3.8) is 0 Å². The van der Waals surface area contributed by atoms with Crippen LogP contribution >= 0.6 is 0 Å². The van der Waals surface area contributed by atoms with Crippen LogP contribution in [0.3, 0.4) is 0 Å². The van der Waals surface area contributed by atoms with E-state index in [0.29, 0.717) is 29.6 Å². The van der Waals surface area contributed by atoms with E-state index < -0.39 is 17.3 Å². The van der Waals surface area contributed by atoms with Crippen LogP contribution in [0.5, 0.6) is 0 Å². The smallest absolute Gasteiger partial charge is 0.396 e. The molecular formula is C28H32F3N7O2. The van der Waals surface area contributed by atoms with Crippen molar-refractivity contribution >= 4 is 33.5 Å². The number of carbonyl (C=O) groups excluding carboxylic acids is 1. The van der Waals surface area contributed by atoms with E-state index in [4.69, 9.17) is 5.73 Å². The van der Waals surface area contributed by atoms with Crippen LogP contribution in [0.1, 0.15) is 29.8 Å². The molecule has 4 N–H and O–H groups in total. The average molecular weight is 556 g/mol. The number of halogens is 3. The summed E-state index contributed by atoms with van der Waals surface area (Å²) in [5, 5.41) is 0.532. The van der Waals surface area contributed by atoms with Gasteiger partial charge in [0, 0.05) is 55.7 Å². The highest BCUT2D eigenvalue weighted by Crippen LogP contribution is 2.33. The average Bonchev–Trinajstić information content (AvgIpc) is 3.27. The highest BCUT2D eigenvalue weighted by atomic mass is 19.4. The third kappa shape index (κ3) is 5.41. The summed E-state index contributed by atoms with van der Waals surface area (Å²) < 4.78 is 39.6. The lowest BCUT2D eigenvalue weighted by atomic mass is 10.1. The van der Waals surface area contributed by atoms with Crippen molar-refractivity contribution in [1.82, 2.24) is 29.7 Å². The van der Waals surface area contributed by atoms with E-state index >= 15 is 0 Å². The molecule has 1 saturated heterocycles. The molecule has 1 amide bonds. The lowest BCUT2D eigenvalue weighted by molar-refractivity contribution is -0.137. The molecule has 3 heterocycles. The van der Waals surface area contributed by atoms with Crippen LogP contribution in [0.25, 0.3) is 33.3 Å². The lowest BCUT2D eigenvalue weighted by Crippen LogP contribution is -2.50. The Kier molecular flexibility index (Phi) is 7.56. The Hall–Kier alpha value is -3.90. The van der Waals surface area contributed by atoms with E-state index in [0.717, 1.165) is 51.4 Å². The van der Waals surface area contributed by atoms with Crippen molar-refractivity contribution in [3.8, 4) is 11.4 Å².